The molecule has 0 aliphatic rings. The second kappa shape index (κ2) is 5.92. The molecule has 2 rings (SSSR count). The summed E-state index contributed by atoms with van der Waals surface area (Å²) < 4.78 is 0.930. The third-order valence-electron chi connectivity index (χ3n) is 3.04. The maximum Gasteiger partial charge on any atom is 0.188 e. The van der Waals surface area contributed by atoms with Crippen LogP contribution in [0.25, 0.3) is 0 Å². The number of halogens is 1. The first-order valence-electron chi connectivity index (χ1n) is 5.96. The van der Waals surface area contributed by atoms with Crippen molar-refractivity contribution in [3.63, 3.8) is 0 Å². The second-order valence-corrected chi connectivity index (χ2v) is 6.24. The number of aryl methyl sites for hydroxylation is 2. The highest BCUT2D eigenvalue weighted by Crippen LogP contribution is 2.25. The highest BCUT2D eigenvalue weighted by molar-refractivity contribution is 9.10. The van der Waals surface area contributed by atoms with E-state index < -0.39 is 0 Å². The fourth-order valence-corrected chi connectivity index (χ4v) is 2.76. The van der Waals surface area contributed by atoms with Gasteiger partial charge in [0.15, 0.2) is 5.16 Å². The lowest BCUT2D eigenvalue weighted by molar-refractivity contribution is 0.880. The van der Waals surface area contributed by atoms with E-state index in [1.807, 2.05) is 26.0 Å². The summed E-state index contributed by atoms with van der Waals surface area (Å²) in [6.07, 6.45) is 0. The predicted molar refractivity (Wildman–Crippen MR) is 84.4 cm³/mol. The van der Waals surface area contributed by atoms with E-state index >= 15 is 0 Å². The van der Waals surface area contributed by atoms with Crippen LogP contribution < -0.4 is 5.73 Å². The van der Waals surface area contributed by atoms with Crippen molar-refractivity contribution in [2.24, 2.45) is 0 Å². The van der Waals surface area contributed by atoms with Crippen LogP contribution in [0, 0.1) is 20.8 Å². The van der Waals surface area contributed by atoms with Gasteiger partial charge in [0.1, 0.15) is 0 Å². The molecule has 1 aromatic heterocycles. The van der Waals surface area contributed by atoms with Crippen LogP contribution in [-0.4, -0.2) is 9.97 Å². The largest absolute Gasteiger partial charge is 0.398 e. The third kappa shape index (κ3) is 3.48. The predicted octanol–water partition coefficient (Wildman–Crippen LogP) is 4.04. The van der Waals surface area contributed by atoms with Gasteiger partial charge in [-0.1, -0.05) is 17.8 Å². The van der Waals surface area contributed by atoms with E-state index in [4.69, 9.17) is 5.73 Å². The number of rotatable bonds is 3. The Hall–Kier alpha value is -1.07. The molecule has 0 amide bonds. The quantitative estimate of drug-likeness (QED) is 0.521. The minimum absolute atomic E-state index is 0.760. The van der Waals surface area contributed by atoms with E-state index in [1.165, 1.54) is 5.56 Å². The second-order valence-electron chi connectivity index (χ2n) is 4.45. The number of nitrogen functional groups attached to an aromatic ring is 1. The normalized spacial score (nSPS) is 10.7. The van der Waals surface area contributed by atoms with Gasteiger partial charge in [-0.25, -0.2) is 9.97 Å². The molecule has 0 atom stereocenters. The molecule has 0 spiro atoms. The van der Waals surface area contributed by atoms with Crippen molar-refractivity contribution in [2.45, 2.75) is 31.7 Å². The molecule has 0 saturated carbocycles. The lowest BCUT2D eigenvalue weighted by atomic mass is 10.2. The summed E-state index contributed by atoms with van der Waals surface area (Å²) in [7, 11) is 0. The van der Waals surface area contributed by atoms with Crippen molar-refractivity contribution < 1.29 is 0 Å². The molecule has 2 aromatic rings. The topological polar surface area (TPSA) is 51.8 Å². The van der Waals surface area contributed by atoms with Crippen LogP contribution in [0.2, 0.25) is 0 Å². The van der Waals surface area contributed by atoms with Crippen molar-refractivity contribution in [2.75, 3.05) is 5.73 Å². The van der Waals surface area contributed by atoms with Crippen LogP contribution in [-0.2, 0) is 5.75 Å². The first-order valence-corrected chi connectivity index (χ1v) is 7.74. The lowest BCUT2D eigenvalue weighted by Gasteiger charge is -2.07. The molecule has 0 unspecified atom stereocenters. The molecule has 19 heavy (non-hydrogen) atoms. The Bertz CT molecular complexity index is 591. The zero-order chi connectivity index (χ0) is 14.0. The maximum atomic E-state index is 5.87. The van der Waals surface area contributed by atoms with Gasteiger partial charge in [0.2, 0.25) is 0 Å². The van der Waals surface area contributed by atoms with Crippen molar-refractivity contribution in [3.8, 4) is 0 Å². The van der Waals surface area contributed by atoms with Gasteiger partial charge >= 0.3 is 0 Å². The summed E-state index contributed by atoms with van der Waals surface area (Å²) in [5, 5.41) is 0.821. The number of aromatic nitrogens is 2. The SMILES string of the molecule is Cc1nc(SCc2ccc(Br)c(N)c2)nc(C)c1C. The Balaban J connectivity index is 2.12. The summed E-state index contributed by atoms with van der Waals surface area (Å²) in [5.74, 6) is 0.819. The lowest BCUT2D eigenvalue weighted by Crippen LogP contribution is -1.98. The van der Waals surface area contributed by atoms with Crippen LogP contribution in [0.1, 0.15) is 22.5 Å². The molecule has 0 aliphatic carbocycles. The molecule has 0 fully saturated rings. The van der Waals surface area contributed by atoms with Crippen LogP contribution in [0.5, 0.6) is 0 Å². The first-order chi connectivity index (χ1) is 8.97. The van der Waals surface area contributed by atoms with Gasteiger partial charge in [-0.15, -0.1) is 0 Å². The number of nitrogens with zero attached hydrogens (tertiary/aromatic N) is 2. The fourth-order valence-electron chi connectivity index (χ4n) is 1.64. The highest BCUT2D eigenvalue weighted by Gasteiger charge is 2.06. The number of nitrogens with two attached hydrogens (primary N) is 1. The zero-order valence-electron chi connectivity index (χ0n) is 11.2. The van der Waals surface area contributed by atoms with E-state index in [0.29, 0.717) is 0 Å². The Kier molecular flexibility index (Phi) is 4.47. The van der Waals surface area contributed by atoms with Crippen molar-refractivity contribution in [1.29, 1.82) is 0 Å². The summed E-state index contributed by atoms with van der Waals surface area (Å²) in [4.78, 5) is 9.00. The Morgan fingerprint density at radius 1 is 1.16 bits per heavy atom. The molecule has 1 heterocycles. The van der Waals surface area contributed by atoms with Gasteiger partial charge in [0.05, 0.1) is 0 Å². The fraction of sp³-hybridized carbons (Fsp3) is 0.286. The minimum Gasteiger partial charge on any atom is -0.398 e. The molecule has 0 aliphatic heterocycles. The molecular weight excluding hydrogens is 322 g/mol. The average molecular weight is 338 g/mol. The molecule has 1 aromatic carbocycles. The minimum atomic E-state index is 0.760. The summed E-state index contributed by atoms with van der Waals surface area (Å²) in [6.45, 7) is 6.09. The van der Waals surface area contributed by atoms with Crippen molar-refractivity contribution >= 4 is 33.4 Å². The Labute approximate surface area is 126 Å². The highest BCUT2D eigenvalue weighted by atomic mass is 79.9. The molecular formula is C14H16BrN3S. The molecule has 2 N–H and O–H groups in total. The Morgan fingerprint density at radius 2 is 1.79 bits per heavy atom. The molecule has 5 heteroatoms. The summed E-state index contributed by atoms with van der Waals surface area (Å²) >= 11 is 5.03. The van der Waals surface area contributed by atoms with Gasteiger partial charge in [0, 0.05) is 27.3 Å². The first kappa shape index (κ1) is 14.3. The monoisotopic (exact) mass is 337 g/mol. The molecule has 100 valence electrons. The molecule has 3 nitrogen and oxygen atoms in total. The molecule has 0 saturated heterocycles. The third-order valence-corrected chi connectivity index (χ3v) is 4.68. The zero-order valence-corrected chi connectivity index (χ0v) is 13.6. The average Bonchev–Trinajstić information content (AvgIpc) is 2.37. The van der Waals surface area contributed by atoms with E-state index in [0.717, 1.165) is 38.0 Å². The number of benzene rings is 1. The number of thioether (sulfide) groups is 1. The van der Waals surface area contributed by atoms with Gasteiger partial charge in [-0.3, -0.25) is 0 Å². The smallest absolute Gasteiger partial charge is 0.188 e. The number of anilines is 1. The van der Waals surface area contributed by atoms with Crippen molar-refractivity contribution in [1.82, 2.24) is 9.97 Å². The van der Waals surface area contributed by atoms with E-state index in [1.54, 1.807) is 11.8 Å². The maximum absolute atomic E-state index is 5.87. The summed E-state index contributed by atoms with van der Waals surface area (Å²) in [6, 6.07) is 6.00. The number of hydrogen-bond donors (Lipinski definition) is 1. The van der Waals surface area contributed by atoms with Crippen LogP contribution in [0.4, 0.5) is 5.69 Å². The standard InChI is InChI=1S/C14H16BrN3S/c1-8-9(2)17-14(18-10(8)3)19-7-11-4-5-12(15)13(16)6-11/h4-6H,7,16H2,1-3H3. The number of hydrogen-bond acceptors (Lipinski definition) is 4. The van der Waals surface area contributed by atoms with Crippen LogP contribution in [0.3, 0.4) is 0 Å². The molecule has 0 bridgehead atoms. The van der Waals surface area contributed by atoms with Crippen LogP contribution >= 0.6 is 27.7 Å². The molecule has 0 radical (unpaired) electrons. The van der Waals surface area contributed by atoms with Crippen molar-refractivity contribution in [3.05, 3.63) is 45.2 Å². The van der Waals surface area contributed by atoms with Gasteiger partial charge in [-0.05, 0) is 60.0 Å². The Morgan fingerprint density at radius 3 is 2.37 bits per heavy atom. The van der Waals surface area contributed by atoms with E-state index in [9.17, 15) is 0 Å². The van der Waals surface area contributed by atoms with Gasteiger partial charge < -0.3 is 5.73 Å². The van der Waals surface area contributed by atoms with Gasteiger partial charge in [0.25, 0.3) is 0 Å². The summed E-state index contributed by atoms with van der Waals surface area (Å²) in [5.41, 5.74) is 11.1. The van der Waals surface area contributed by atoms with E-state index in [2.05, 4.69) is 38.9 Å². The van der Waals surface area contributed by atoms with Gasteiger partial charge in [-0.2, -0.15) is 0 Å². The van der Waals surface area contributed by atoms with Crippen LogP contribution in [0.15, 0.2) is 27.8 Å². The van der Waals surface area contributed by atoms with E-state index in [-0.39, 0.29) is 0 Å².